The average molecular weight is 290 g/mol. The number of nitrogens with two attached hydrogens (primary N) is 1. The van der Waals surface area contributed by atoms with Gasteiger partial charge in [-0.05, 0) is 49.2 Å². The van der Waals surface area contributed by atoms with Crippen LogP contribution < -0.4 is 10.5 Å². The van der Waals surface area contributed by atoms with E-state index in [9.17, 15) is 8.78 Å². The van der Waals surface area contributed by atoms with Gasteiger partial charge in [-0.3, -0.25) is 5.41 Å². The Balaban J connectivity index is 2.22. The molecule has 0 aromatic heterocycles. The second kappa shape index (κ2) is 5.91. The zero-order chi connectivity index (χ0) is 15.6. The summed E-state index contributed by atoms with van der Waals surface area (Å²) in [5, 5.41) is 7.44. The Morgan fingerprint density at radius 1 is 1.14 bits per heavy atom. The second-order valence-electron chi connectivity index (χ2n) is 4.88. The molecule has 0 amide bonds. The van der Waals surface area contributed by atoms with Crippen molar-refractivity contribution in [3.63, 3.8) is 0 Å². The third-order valence-electron chi connectivity index (χ3n) is 3.16. The van der Waals surface area contributed by atoms with E-state index in [4.69, 9.17) is 15.9 Å². The van der Waals surface area contributed by atoms with Crippen LogP contribution in [0.1, 0.15) is 22.3 Å². The summed E-state index contributed by atoms with van der Waals surface area (Å²) in [5.74, 6) is -0.652. The predicted molar refractivity (Wildman–Crippen MR) is 77.6 cm³/mol. The van der Waals surface area contributed by atoms with Crippen molar-refractivity contribution >= 4 is 5.84 Å². The van der Waals surface area contributed by atoms with Gasteiger partial charge in [0.2, 0.25) is 0 Å². The highest BCUT2D eigenvalue weighted by atomic mass is 19.1. The number of ether oxygens (including phenoxy) is 1. The maximum absolute atomic E-state index is 13.6. The molecule has 0 spiro atoms. The number of amidine groups is 1. The molecule has 0 heterocycles. The van der Waals surface area contributed by atoms with E-state index in [1.807, 2.05) is 13.8 Å². The van der Waals surface area contributed by atoms with Gasteiger partial charge < -0.3 is 10.5 Å². The fourth-order valence-corrected chi connectivity index (χ4v) is 2.12. The first-order valence-corrected chi connectivity index (χ1v) is 6.41. The molecule has 2 rings (SSSR count). The number of rotatable bonds is 4. The normalized spacial score (nSPS) is 10.5. The minimum atomic E-state index is -0.634. The van der Waals surface area contributed by atoms with Crippen molar-refractivity contribution in [3.8, 4) is 5.75 Å². The highest BCUT2D eigenvalue weighted by Gasteiger charge is 2.10. The third-order valence-corrected chi connectivity index (χ3v) is 3.16. The largest absolute Gasteiger partial charge is 0.488 e. The number of nitrogens with one attached hydrogen (secondary N) is 1. The lowest BCUT2D eigenvalue weighted by Gasteiger charge is -2.14. The smallest absolute Gasteiger partial charge is 0.132 e. The summed E-state index contributed by atoms with van der Waals surface area (Å²) in [6.07, 6.45) is 0. The van der Waals surface area contributed by atoms with Crippen molar-refractivity contribution in [2.45, 2.75) is 20.5 Å². The van der Waals surface area contributed by atoms with Crippen LogP contribution in [0.2, 0.25) is 0 Å². The zero-order valence-corrected chi connectivity index (χ0v) is 11.8. The number of benzene rings is 2. The summed E-state index contributed by atoms with van der Waals surface area (Å²) in [6.45, 7) is 3.67. The molecule has 110 valence electrons. The van der Waals surface area contributed by atoms with E-state index < -0.39 is 11.6 Å². The first-order valence-electron chi connectivity index (χ1n) is 6.41. The molecule has 0 fully saturated rings. The van der Waals surface area contributed by atoms with Crippen LogP contribution in [-0.4, -0.2) is 5.84 Å². The van der Waals surface area contributed by atoms with E-state index >= 15 is 0 Å². The SMILES string of the molecule is Cc1cc(C(=N)N)cc(C)c1OCc1ccc(F)cc1F. The molecular formula is C16H16F2N2O. The van der Waals surface area contributed by atoms with Crippen molar-refractivity contribution in [1.82, 2.24) is 0 Å². The van der Waals surface area contributed by atoms with Gasteiger partial charge in [-0.2, -0.15) is 0 Å². The first kappa shape index (κ1) is 15.0. The Morgan fingerprint density at radius 2 is 1.76 bits per heavy atom. The highest BCUT2D eigenvalue weighted by molar-refractivity contribution is 5.95. The average Bonchev–Trinajstić information content (AvgIpc) is 2.39. The molecule has 5 heteroatoms. The molecular weight excluding hydrogens is 274 g/mol. The van der Waals surface area contributed by atoms with Crippen molar-refractivity contribution in [2.24, 2.45) is 5.73 Å². The van der Waals surface area contributed by atoms with Gasteiger partial charge >= 0.3 is 0 Å². The molecule has 0 unspecified atom stereocenters. The lowest BCUT2D eigenvalue weighted by Crippen LogP contribution is -2.12. The van der Waals surface area contributed by atoms with E-state index in [2.05, 4.69) is 0 Å². The van der Waals surface area contributed by atoms with Gasteiger partial charge in [0.1, 0.15) is 29.8 Å². The van der Waals surface area contributed by atoms with Crippen LogP contribution in [0.4, 0.5) is 8.78 Å². The quantitative estimate of drug-likeness (QED) is 0.669. The minimum Gasteiger partial charge on any atom is -0.488 e. The highest BCUT2D eigenvalue weighted by Crippen LogP contribution is 2.26. The summed E-state index contributed by atoms with van der Waals surface area (Å²) in [4.78, 5) is 0. The van der Waals surface area contributed by atoms with Gasteiger partial charge in [0.15, 0.2) is 0 Å². The van der Waals surface area contributed by atoms with Gasteiger partial charge in [0.05, 0.1) is 0 Å². The molecule has 0 aliphatic heterocycles. The zero-order valence-electron chi connectivity index (χ0n) is 11.8. The van der Waals surface area contributed by atoms with Crippen LogP contribution in [0.15, 0.2) is 30.3 Å². The molecule has 21 heavy (non-hydrogen) atoms. The van der Waals surface area contributed by atoms with Crippen molar-refractivity contribution < 1.29 is 13.5 Å². The van der Waals surface area contributed by atoms with E-state index in [0.29, 0.717) is 11.3 Å². The van der Waals surface area contributed by atoms with Crippen LogP contribution in [0, 0.1) is 30.9 Å². The van der Waals surface area contributed by atoms with Crippen LogP contribution in [0.25, 0.3) is 0 Å². The van der Waals surface area contributed by atoms with Crippen LogP contribution >= 0.6 is 0 Å². The van der Waals surface area contributed by atoms with Crippen molar-refractivity contribution in [1.29, 1.82) is 5.41 Å². The Morgan fingerprint density at radius 3 is 2.29 bits per heavy atom. The molecule has 3 N–H and O–H groups in total. The number of halogens is 2. The fourth-order valence-electron chi connectivity index (χ4n) is 2.12. The molecule has 0 aliphatic rings. The maximum Gasteiger partial charge on any atom is 0.132 e. The fraction of sp³-hybridized carbons (Fsp3) is 0.188. The monoisotopic (exact) mass is 290 g/mol. The summed E-state index contributed by atoms with van der Waals surface area (Å²) < 4.78 is 32.0. The summed E-state index contributed by atoms with van der Waals surface area (Å²) in [6, 6.07) is 6.87. The minimum absolute atomic E-state index is 0.00715. The number of hydrogen-bond acceptors (Lipinski definition) is 2. The standard InChI is InChI=1S/C16H16F2N2O/c1-9-5-12(16(19)20)6-10(2)15(9)21-8-11-3-4-13(17)7-14(11)18/h3-7H,8H2,1-2H3,(H3,19,20). The van der Waals surface area contributed by atoms with E-state index in [1.165, 1.54) is 12.1 Å². The van der Waals surface area contributed by atoms with Gasteiger partial charge in [-0.15, -0.1) is 0 Å². The van der Waals surface area contributed by atoms with Crippen LogP contribution in [0.3, 0.4) is 0 Å². The molecule has 0 aliphatic carbocycles. The third kappa shape index (κ3) is 3.37. The molecule has 0 bridgehead atoms. The number of hydrogen-bond donors (Lipinski definition) is 2. The molecule has 0 saturated heterocycles. The van der Waals surface area contributed by atoms with Crippen LogP contribution in [-0.2, 0) is 6.61 Å². The lowest BCUT2D eigenvalue weighted by molar-refractivity contribution is 0.295. The summed E-state index contributed by atoms with van der Waals surface area (Å²) >= 11 is 0. The summed E-state index contributed by atoms with van der Waals surface area (Å²) in [5.41, 5.74) is 7.97. The van der Waals surface area contributed by atoms with Gasteiger partial charge in [-0.25, -0.2) is 8.78 Å². The predicted octanol–water partition coefficient (Wildman–Crippen LogP) is 3.44. The van der Waals surface area contributed by atoms with E-state index in [0.717, 1.165) is 17.2 Å². The molecule has 2 aromatic rings. The van der Waals surface area contributed by atoms with Gasteiger partial charge in [0.25, 0.3) is 0 Å². The van der Waals surface area contributed by atoms with E-state index in [-0.39, 0.29) is 18.0 Å². The topological polar surface area (TPSA) is 59.1 Å². The Bertz CT molecular complexity index is 676. The van der Waals surface area contributed by atoms with E-state index in [1.54, 1.807) is 12.1 Å². The first-order chi connectivity index (χ1) is 9.88. The van der Waals surface area contributed by atoms with Crippen molar-refractivity contribution in [2.75, 3.05) is 0 Å². The molecule has 2 aromatic carbocycles. The maximum atomic E-state index is 13.6. The Labute approximate surface area is 121 Å². The summed E-state index contributed by atoms with van der Waals surface area (Å²) in [7, 11) is 0. The molecule has 0 radical (unpaired) electrons. The lowest BCUT2D eigenvalue weighted by atomic mass is 10.1. The van der Waals surface area contributed by atoms with Gasteiger partial charge in [0, 0.05) is 17.2 Å². The molecule has 0 atom stereocenters. The van der Waals surface area contributed by atoms with Crippen molar-refractivity contribution in [3.05, 3.63) is 64.2 Å². The molecule has 3 nitrogen and oxygen atoms in total. The molecule has 0 saturated carbocycles. The number of nitrogen functional groups attached to an aromatic ring is 1. The number of aryl methyl sites for hydroxylation is 2. The second-order valence-corrected chi connectivity index (χ2v) is 4.88. The van der Waals surface area contributed by atoms with Gasteiger partial charge in [-0.1, -0.05) is 0 Å². The Kier molecular flexibility index (Phi) is 4.21. The Hall–Kier alpha value is -2.43. The van der Waals surface area contributed by atoms with Crippen LogP contribution in [0.5, 0.6) is 5.75 Å².